The second kappa shape index (κ2) is 7.44. The minimum atomic E-state index is -0.354. The van der Waals surface area contributed by atoms with E-state index in [0.29, 0.717) is 6.42 Å². The molecule has 0 fully saturated rings. The van der Waals surface area contributed by atoms with Crippen molar-refractivity contribution in [3.05, 3.63) is 12.7 Å². The molecule has 0 rings (SSSR count). The number of hydrogen-bond acceptors (Lipinski definition) is 3. The normalized spacial score (nSPS) is 12.5. The average molecular weight is 158 g/mol. The lowest BCUT2D eigenvalue weighted by Crippen LogP contribution is -2.15. The summed E-state index contributed by atoms with van der Waals surface area (Å²) in [7, 11) is 1.52. The third kappa shape index (κ3) is 5.76. The van der Waals surface area contributed by atoms with Crippen LogP contribution in [0.15, 0.2) is 12.7 Å². The van der Waals surface area contributed by atoms with Gasteiger partial charge in [-0.15, -0.1) is 6.58 Å². The van der Waals surface area contributed by atoms with Crippen molar-refractivity contribution in [2.24, 2.45) is 0 Å². The molecule has 3 nitrogen and oxygen atoms in total. The van der Waals surface area contributed by atoms with E-state index in [-0.39, 0.29) is 12.9 Å². The van der Waals surface area contributed by atoms with Gasteiger partial charge in [-0.25, -0.2) is 0 Å². The number of methoxy groups -OCH3 is 1. The van der Waals surface area contributed by atoms with E-state index in [9.17, 15) is 4.79 Å². The van der Waals surface area contributed by atoms with Gasteiger partial charge in [0.2, 0.25) is 0 Å². The van der Waals surface area contributed by atoms with E-state index in [0.717, 1.165) is 12.7 Å². The van der Waals surface area contributed by atoms with Crippen molar-refractivity contribution in [1.29, 1.82) is 0 Å². The van der Waals surface area contributed by atoms with Crippen LogP contribution in [0.1, 0.15) is 12.8 Å². The van der Waals surface area contributed by atoms with E-state index in [1.165, 1.54) is 7.11 Å². The van der Waals surface area contributed by atoms with Gasteiger partial charge in [-0.1, -0.05) is 6.08 Å². The molecule has 0 amide bonds. The zero-order valence-electron chi connectivity index (χ0n) is 6.79. The van der Waals surface area contributed by atoms with Crippen molar-refractivity contribution in [1.82, 2.24) is 0 Å². The van der Waals surface area contributed by atoms with Crippen LogP contribution in [0.3, 0.4) is 0 Å². The molecule has 0 N–H and O–H groups in total. The molecule has 11 heavy (non-hydrogen) atoms. The maximum absolute atomic E-state index is 10.3. The van der Waals surface area contributed by atoms with Gasteiger partial charge in [0.05, 0.1) is 0 Å². The fraction of sp³-hybridized carbons (Fsp3) is 0.625. The quantitative estimate of drug-likeness (QED) is 0.316. The van der Waals surface area contributed by atoms with Gasteiger partial charge in [0.1, 0.15) is 19.2 Å². The van der Waals surface area contributed by atoms with Crippen LogP contribution in [0.2, 0.25) is 0 Å². The summed E-state index contributed by atoms with van der Waals surface area (Å²) in [6.45, 7) is 3.71. The Morgan fingerprint density at radius 3 is 2.82 bits per heavy atom. The van der Waals surface area contributed by atoms with Gasteiger partial charge in [0.25, 0.3) is 0 Å². The van der Waals surface area contributed by atoms with Crippen molar-refractivity contribution in [2.45, 2.75) is 18.9 Å². The van der Waals surface area contributed by atoms with Gasteiger partial charge in [-0.2, -0.15) is 0 Å². The first-order valence-corrected chi connectivity index (χ1v) is 3.52. The standard InChI is InChI=1S/C8H14O3/c1-3-4-5-8(6-9)11-7-10-2/h3,6,8H,1,4-5,7H2,2H3/t8-/m0/s1. The summed E-state index contributed by atoms with van der Waals surface area (Å²) in [5.74, 6) is 0. The maximum atomic E-state index is 10.3. The Morgan fingerprint density at radius 1 is 1.64 bits per heavy atom. The average Bonchev–Trinajstić information content (AvgIpc) is 2.05. The van der Waals surface area contributed by atoms with Gasteiger partial charge in [-0.3, -0.25) is 0 Å². The predicted molar refractivity (Wildman–Crippen MR) is 42.2 cm³/mol. The highest BCUT2D eigenvalue weighted by molar-refractivity contribution is 5.55. The SMILES string of the molecule is C=CCC[C@@H](C=O)OCOC. The molecule has 0 unspecified atom stereocenters. The van der Waals surface area contributed by atoms with Crippen molar-refractivity contribution in [3.63, 3.8) is 0 Å². The van der Waals surface area contributed by atoms with Crippen LogP contribution in [0.5, 0.6) is 0 Å². The number of ether oxygens (including phenoxy) is 2. The number of carbonyl (C=O) groups excluding carboxylic acids is 1. The minimum absolute atomic E-state index is 0.167. The molecular weight excluding hydrogens is 144 g/mol. The molecule has 0 saturated carbocycles. The molecule has 0 aliphatic heterocycles. The van der Waals surface area contributed by atoms with E-state index in [1.807, 2.05) is 0 Å². The lowest BCUT2D eigenvalue weighted by molar-refractivity contribution is -0.127. The Hall–Kier alpha value is -0.670. The maximum Gasteiger partial charge on any atom is 0.148 e. The number of hydrogen-bond donors (Lipinski definition) is 0. The minimum Gasteiger partial charge on any atom is -0.359 e. The van der Waals surface area contributed by atoms with Crippen molar-refractivity contribution in [2.75, 3.05) is 13.9 Å². The van der Waals surface area contributed by atoms with E-state index < -0.39 is 0 Å². The first-order valence-electron chi connectivity index (χ1n) is 3.52. The molecule has 0 aromatic heterocycles. The van der Waals surface area contributed by atoms with Crippen LogP contribution in [-0.2, 0) is 14.3 Å². The lowest BCUT2D eigenvalue weighted by atomic mass is 10.2. The fourth-order valence-electron chi connectivity index (χ4n) is 0.628. The van der Waals surface area contributed by atoms with Gasteiger partial charge >= 0.3 is 0 Å². The highest BCUT2D eigenvalue weighted by atomic mass is 16.7. The molecular formula is C8H14O3. The van der Waals surface area contributed by atoms with Gasteiger partial charge in [-0.05, 0) is 12.8 Å². The summed E-state index contributed by atoms with van der Waals surface area (Å²) >= 11 is 0. The highest BCUT2D eigenvalue weighted by Crippen LogP contribution is 1.99. The Kier molecular flexibility index (Phi) is 6.98. The molecule has 0 aliphatic rings. The summed E-state index contributed by atoms with van der Waals surface area (Å²) in [5.41, 5.74) is 0. The largest absolute Gasteiger partial charge is 0.359 e. The Bertz CT molecular complexity index is 112. The van der Waals surface area contributed by atoms with Crippen LogP contribution in [0.25, 0.3) is 0 Å². The topological polar surface area (TPSA) is 35.5 Å². The molecule has 0 bridgehead atoms. The molecule has 0 aromatic rings. The highest BCUT2D eigenvalue weighted by Gasteiger charge is 2.04. The molecule has 0 aliphatic carbocycles. The third-order valence-electron chi connectivity index (χ3n) is 1.21. The van der Waals surface area contributed by atoms with Crippen LogP contribution >= 0.6 is 0 Å². The first-order chi connectivity index (χ1) is 5.35. The van der Waals surface area contributed by atoms with E-state index in [4.69, 9.17) is 4.74 Å². The van der Waals surface area contributed by atoms with Crippen LogP contribution in [0, 0.1) is 0 Å². The third-order valence-corrected chi connectivity index (χ3v) is 1.21. The number of aldehydes is 1. The molecule has 3 heteroatoms. The predicted octanol–water partition coefficient (Wildman–Crippen LogP) is 1.14. The summed E-state index contributed by atoms with van der Waals surface area (Å²) in [4.78, 5) is 10.3. The Morgan fingerprint density at radius 2 is 2.36 bits per heavy atom. The second-order valence-electron chi connectivity index (χ2n) is 2.11. The van der Waals surface area contributed by atoms with Crippen LogP contribution in [-0.4, -0.2) is 26.3 Å². The van der Waals surface area contributed by atoms with Crippen LogP contribution in [0.4, 0.5) is 0 Å². The monoisotopic (exact) mass is 158 g/mol. The molecule has 0 saturated heterocycles. The smallest absolute Gasteiger partial charge is 0.148 e. The summed E-state index contributed by atoms with van der Waals surface area (Å²) in [6, 6.07) is 0. The molecule has 0 aromatic carbocycles. The summed E-state index contributed by atoms with van der Waals surface area (Å²) < 4.78 is 9.65. The summed E-state index contributed by atoms with van der Waals surface area (Å²) in [5, 5.41) is 0. The van der Waals surface area contributed by atoms with Crippen molar-refractivity contribution in [3.8, 4) is 0 Å². The van der Waals surface area contributed by atoms with E-state index in [2.05, 4.69) is 11.3 Å². The van der Waals surface area contributed by atoms with Crippen molar-refractivity contribution < 1.29 is 14.3 Å². The van der Waals surface area contributed by atoms with E-state index in [1.54, 1.807) is 6.08 Å². The van der Waals surface area contributed by atoms with E-state index >= 15 is 0 Å². The molecule has 0 heterocycles. The Balaban J connectivity index is 3.40. The van der Waals surface area contributed by atoms with Crippen LogP contribution < -0.4 is 0 Å². The zero-order chi connectivity index (χ0) is 8.53. The molecule has 0 spiro atoms. The lowest BCUT2D eigenvalue weighted by Gasteiger charge is -2.08. The van der Waals surface area contributed by atoms with Gasteiger partial charge < -0.3 is 14.3 Å². The molecule has 1 atom stereocenters. The number of rotatable bonds is 7. The second-order valence-corrected chi connectivity index (χ2v) is 2.11. The fourth-order valence-corrected chi connectivity index (χ4v) is 0.628. The van der Waals surface area contributed by atoms with Gasteiger partial charge in [0.15, 0.2) is 0 Å². The first kappa shape index (κ1) is 10.3. The summed E-state index contributed by atoms with van der Waals surface area (Å²) in [6.07, 6.45) is 3.64. The van der Waals surface area contributed by atoms with Crippen molar-refractivity contribution >= 4 is 6.29 Å². The molecule has 0 radical (unpaired) electrons. The number of carbonyl (C=O) groups is 1. The van der Waals surface area contributed by atoms with Gasteiger partial charge in [0, 0.05) is 7.11 Å². The zero-order valence-corrected chi connectivity index (χ0v) is 6.79. The molecule has 64 valence electrons. The Labute approximate surface area is 67.0 Å². The number of allylic oxidation sites excluding steroid dienone is 1.